The summed E-state index contributed by atoms with van der Waals surface area (Å²) in [7, 11) is 0. The van der Waals surface area contributed by atoms with Crippen molar-refractivity contribution in [2.45, 2.75) is 25.6 Å². The second-order valence-corrected chi connectivity index (χ2v) is 5.90. The van der Waals surface area contributed by atoms with E-state index < -0.39 is 11.7 Å². The Hall–Kier alpha value is -0.0100. The first-order valence-electron chi connectivity index (χ1n) is 6.74. The van der Waals surface area contributed by atoms with E-state index in [2.05, 4.69) is 26.1 Å². The molecule has 1 aromatic rings. The third kappa shape index (κ3) is 5.57. The molecule has 0 aromatic heterocycles. The fraction of sp³-hybridized carbons (Fsp3) is 0.571. The Bertz CT molecular complexity index is 466. The Morgan fingerprint density at radius 1 is 1.18 bits per heavy atom. The summed E-state index contributed by atoms with van der Waals surface area (Å²) in [4.78, 5) is 2.25. The Kier molecular flexibility index (Phi) is 9.32. The van der Waals surface area contributed by atoms with Crippen LogP contribution < -0.4 is 5.32 Å². The van der Waals surface area contributed by atoms with Crippen LogP contribution in [0.25, 0.3) is 0 Å². The Labute approximate surface area is 149 Å². The van der Waals surface area contributed by atoms with Crippen molar-refractivity contribution in [3.05, 3.63) is 33.8 Å². The summed E-state index contributed by atoms with van der Waals surface area (Å²) in [6, 6.07) is 4.25. The Morgan fingerprint density at radius 2 is 1.77 bits per heavy atom. The molecule has 1 fully saturated rings. The summed E-state index contributed by atoms with van der Waals surface area (Å²) >= 11 is 3.20. The van der Waals surface area contributed by atoms with E-state index in [0.29, 0.717) is 4.47 Å². The van der Waals surface area contributed by atoms with Gasteiger partial charge in [-0.25, -0.2) is 0 Å². The first-order chi connectivity index (χ1) is 9.41. The van der Waals surface area contributed by atoms with Crippen molar-refractivity contribution in [2.75, 3.05) is 26.2 Å². The molecule has 0 saturated carbocycles. The Morgan fingerprint density at radius 3 is 2.27 bits per heavy atom. The standard InChI is InChI=1S/C14H18BrF3N2.2ClH/c1-2-13(20-5-3-19-4-6-20)10-7-11(14(16,17)18)9-12(15)8-10;;/h7-9,13,19H,2-6H2,1H3;2*1H/t13-;;/m0../s1. The van der Waals surface area contributed by atoms with Gasteiger partial charge in [-0.05, 0) is 30.2 Å². The van der Waals surface area contributed by atoms with E-state index in [1.54, 1.807) is 6.07 Å². The van der Waals surface area contributed by atoms with Crippen LogP contribution in [0.1, 0.15) is 30.5 Å². The molecule has 0 unspecified atom stereocenters. The predicted molar refractivity (Wildman–Crippen MR) is 91.1 cm³/mol. The quantitative estimate of drug-likeness (QED) is 0.759. The maximum Gasteiger partial charge on any atom is 0.416 e. The molecule has 1 aromatic carbocycles. The van der Waals surface area contributed by atoms with E-state index in [1.807, 2.05) is 6.92 Å². The van der Waals surface area contributed by atoms with Gasteiger partial charge in [0.2, 0.25) is 0 Å². The lowest BCUT2D eigenvalue weighted by Gasteiger charge is -2.35. The number of nitrogens with one attached hydrogen (secondary N) is 1. The molecule has 1 atom stereocenters. The van der Waals surface area contributed by atoms with Crippen LogP contribution in [0, 0.1) is 0 Å². The van der Waals surface area contributed by atoms with Crippen molar-refractivity contribution in [3.63, 3.8) is 0 Å². The third-order valence-corrected chi connectivity index (χ3v) is 4.07. The number of rotatable bonds is 3. The Balaban J connectivity index is 0.00000220. The number of alkyl halides is 3. The van der Waals surface area contributed by atoms with Gasteiger partial charge >= 0.3 is 6.18 Å². The average Bonchev–Trinajstić information content (AvgIpc) is 2.39. The maximum absolute atomic E-state index is 12.9. The van der Waals surface area contributed by atoms with Crippen molar-refractivity contribution < 1.29 is 13.2 Å². The zero-order chi connectivity index (χ0) is 14.8. The minimum absolute atomic E-state index is 0. The summed E-state index contributed by atoms with van der Waals surface area (Å²) in [6.45, 7) is 5.52. The predicted octanol–water partition coefficient (Wildman–Crippen LogP) is 4.67. The summed E-state index contributed by atoms with van der Waals surface area (Å²) < 4.78 is 39.2. The molecular formula is C14H20BrCl2F3N2. The molecule has 22 heavy (non-hydrogen) atoms. The highest BCUT2D eigenvalue weighted by molar-refractivity contribution is 9.10. The molecule has 1 aliphatic heterocycles. The van der Waals surface area contributed by atoms with Crippen LogP contribution in [0.5, 0.6) is 0 Å². The van der Waals surface area contributed by atoms with Crippen molar-refractivity contribution in [3.8, 4) is 0 Å². The minimum Gasteiger partial charge on any atom is -0.314 e. The van der Waals surface area contributed by atoms with E-state index >= 15 is 0 Å². The summed E-state index contributed by atoms with van der Waals surface area (Å²) in [6.07, 6.45) is -3.51. The van der Waals surface area contributed by atoms with Crippen molar-refractivity contribution in [2.24, 2.45) is 0 Å². The van der Waals surface area contributed by atoms with E-state index in [4.69, 9.17) is 0 Å². The SMILES string of the molecule is CC[C@@H](c1cc(Br)cc(C(F)(F)F)c1)N1CCNCC1.Cl.Cl. The molecule has 0 bridgehead atoms. The molecule has 2 rings (SSSR count). The van der Waals surface area contributed by atoms with Crippen LogP contribution in [0.15, 0.2) is 22.7 Å². The monoisotopic (exact) mass is 422 g/mol. The smallest absolute Gasteiger partial charge is 0.314 e. The molecule has 0 aliphatic carbocycles. The molecule has 1 heterocycles. The normalized spacial score (nSPS) is 17.3. The van der Waals surface area contributed by atoms with Gasteiger partial charge in [0, 0.05) is 36.7 Å². The summed E-state index contributed by atoms with van der Waals surface area (Å²) in [5, 5.41) is 3.26. The lowest BCUT2D eigenvalue weighted by Crippen LogP contribution is -2.45. The molecular weight excluding hydrogens is 404 g/mol. The first kappa shape index (κ1) is 22.0. The summed E-state index contributed by atoms with van der Waals surface area (Å²) in [5.41, 5.74) is 0.145. The first-order valence-corrected chi connectivity index (χ1v) is 7.53. The topological polar surface area (TPSA) is 15.3 Å². The van der Waals surface area contributed by atoms with Gasteiger partial charge in [-0.2, -0.15) is 13.2 Å². The molecule has 0 spiro atoms. The van der Waals surface area contributed by atoms with Crippen LogP contribution in [0.4, 0.5) is 13.2 Å². The zero-order valence-corrected chi connectivity index (χ0v) is 15.3. The fourth-order valence-corrected chi connectivity index (χ4v) is 3.18. The number of nitrogens with zero attached hydrogens (tertiary/aromatic N) is 1. The van der Waals surface area contributed by atoms with Crippen LogP contribution in [-0.2, 0) is 6.18 Å². The highest BCUT2D eigenvalue weighted by Gasteiger charge is 2.32. The maximum atomic E-state index is 12.9. The fourth-order valence-electron chi connectivity index (χ4n) is 2.67. The molecule has 1 N–H and O–H groups in total. The molecule has 0 radical (unpaired) electrons. The van der Waals surface area contributed by atoms with E-state index in [9.17, 15) is 13.2 Å². The average molecular weight is 424 g/mol. The summed E-state index contributed by atoms with van der Waals surface area (Å²) in [5.74, 6) is 0. The second-order valence-electron chi connectivity index (χ2n) is 4.98. The van der Waals surface area contributed by atoms with Crippen LogP contribution >= 0.6 is 40.7 Å². The van der Waals surface area contributed by atoms with E-state index in [-0.39, 0.29) is 30.9 Å². The van der Waals surface area contributed by atoms with Crippen molar-refractivity contribution in [1.82, 2.24) is 10.2 Å². The molecule has 128 valence electrons. The van der Waals surface area contributed by atoms with Crippen LogP contribution in [-0.4, -0.2) is 31.1 Å². The number of halogens is 6. The van der Waals surface area contributed by atoms with Crippen molar-refractivity contribution >= 4 is 40.7 Å². The molecule has 2 nitrogen and oxygen atoms in total. The molecule has 0 amide bonds. The van der Waals surface area contributed by atoms with E-state index in [0.717, 1.165) is 44.2 Å². The minimum atomic E-state index is -4.31. The van der Waals surface area contributed by atoms with Gasteiger partial charge in [-0.3, -0.25) is 4.90 Å². The number of hydrogen-bond donors (Lipinski definition) is 1. The molecule has 1 aliphatic rings. The van der Waals surface area contributed by atoms with Gasteiger partial charge in [-0.15, -0.1) is 24.8 Å². The molecule has 1 saturated heterocycles. The largest absolute Gasteiger partial charge is 0.416 e. The zero-order valence-electron chi connectivity index (χ0n) is 12.1. The lowest BCUT2D eigenvalue weighted by atomic mass is 9.99. The lowest BCUT2D eigenvalue weighted by molar-refractivity contribution is -0.137. The van der Waals surface area contributed by atoms with Crippen LogP contribution in [0.2, 0.25) is 0 Å². The van der Waals surface area contributed by atoms with Gasteiger partial charge in [0.1, 0.15) is 0 Å². The number of benzene rings is 1. The van der Waals surface area contributed by atoms with Gasteiger partial charge in [0.15, 0.2) is 0 Å². The van der Waals surface area contributed by atoms with Gasteiger partial charge < -0.3 is 5.32 Å². The number of piperazine rings is 1. The van der Waals surface area contributed by atoms with Crippen LogP contribution in [0.3, 0.4) is 0 Å². The second kappa shape index (κ2) is 9.33. The highest BCUT2D eigenvalue weighted by atomic mass is 79.9. The third-order valence-electron chi connectivity index (χ3n) is 3.61. The molecule has 8 heteroatoms. The van der Waals surface area contributed by atoms with Gasteiger partial charge in [0.25, 0.3) is 0 Å². The van der Waals surface area contributed by atoms with Gasteiger partial charge in [-0.1, -0.05) is 22.9 Å². The highest BCUT2D eigenvalue weighted by Crippen LogP contribution is 2.35. The number of hydrogen-bond acceptors (Lipinski definition) is 2. The van der Waals surface area contributed by atoms with Crippen molar-refractivity contribution in [1.29, 1.82) is 0 Å². The van der Waals surface area contributed by atoms with Gasteiger partial charge in [0.05, 0.1) is 5.56 Å². The van der Waals surface area contributed by atoms with E-state index in [1.165, 1.54) is 6.07 Å².